The second-order valence-corrected chi connectivity index (χ2v) is 33.5. The molecule has 0 atom stereocenters. The van der Waals surface area contributed by atoms with E-state index >= 15 is 0 Å². The molecule has 10 aromatic carbocycles. The van der Waals surface area contributed by atoms with E-state index in [2.05, 4.69) is 86.1 Å². The third kappa shape index (κ3) is 21.2. The number of piperidine rings is 3. The highest BCUT2D eigenvalue weighted by molar-refractivity contribution is 6.03. The van der Waals surface area contributed by atoms with Crippen LogP contribution in [0.25, 0.3) is 0 Å². The molecule has 0 saturated carbocycles. The fourth-order valence-corrected chi connectivity index (χ4v) is 19.2. The number of benzene rings is 10. The third-order valence-corrected chi connectivity index (χ3v) is 26.3. The van der Waals surface area contributed by atoms with Gasteiger partial charge in [-0.05, 0) is 164 Å². The van der Waals surface area contributed by atoms with Crippen LogP contribution in [0.3, 0.4) is 0 Å². The molecule has 12 N–H and O–H groups in total. The molecule has 0 aromatic heterocycles. The minimum atomic E-state index is -0.808. The van der Waals surface area contributed by atoms with E-state index in [-0.39, 0.29) is 71.9 Å². The summed E-state index contributed by atoms with van der Waals surface area (Å²) in [5.74, 6) is -2.27. The highest BCUT2D eigenvalue weighted by Crippen LogP contribution is 2.46. The first-order valence-corrected chi connectivity index (χ1v) is 44.0. The van der Waals surface area contributed by atoms with Crippen LogP contribution in [0.15, 0.2) is 237 Å². The number of hydroxylamine groups is 4. The number of nitrogens with zero attached hydrogens (tertiary/aromatic N) is 12. The summed E-state index contributed by atoms with van der Waals surface area (Å²) in [5.41, 5.74) is 17.6. The van der Waals surface area contributed by atoms with Gasteiger partial charge in [-0.15, -0.1) is 0 Å². The fourth-order valence-electron chi connectivity index (χ4n) is 19.2. The number of carbonyl (C=O) groups is 8. The molecule has 710 valence electrons. The number of fused-ring (bicyclic) bond motifs is 2. The van der Waals surface area contributed by atoms with Crippen LogP contribution in [0.4, 0.5) is 68.2 Å². The quantitative estimate of drug-likeness (QED) is 0.00893. The normalized spacial score (nSPS) is 16.2. The van der Waals surface area contributed by atoms with Gasteiger partial charge in [0.2, 0.25) is 11.8 Å². The van der Waals surface area contributed by atoms with E-state index < -0.39 is 50.1 Å². The maximum absolute atomic E-state index is 12.9. The molecule has 8 aliphatic rings. The Balaban J connectivity index is 0.000000153. The van der Waals surface area contributed by atoms with Crippen molar-refractivity contribution in [1.29, 1.82) is 0 Å². The molecule has 0 bridgehead atoms. The van der Waals surface area contributed by atoms with Crippen molar-refractivity contribution in [3.63, 3.8) is 0 Å². The van der Waals surface area contributed by atoms with Gasteiger partial charge < -0.3 is 49.8 Å². The summed E-state index contributed by atoms with van der Waals surface area (Å²) in [5, 5.41) is 84.3. The zero-order chi connectivity index (χ0) is 95.0. The van der Waals surface area contributed by atoms with Crippen molar-refractivity contribution in [3.05, 3.63) is 307 Å². The molecule has 0 radical (unpaired) electrons. The molecule has 0 aliphatic carbocycles. The fraction of sp³-hybridized carbons (Fsp3) is 0.300. The van der Waals surface area contributed by atoms with Crippen LogP contribution in [0.2, 0.25) is 0 Å². The molecule has 8 aliphatic heterocycles. The molecule has 6 fully saturated rings. The number of nitro benzene ring substituents is 2. The molecule has 6 amide bonds. The van der Waals surface area contributed by atoms with Gasteiger partial charge in [-0.3, -0.25) is 89.8 Å². The van der Waals surface area contributed by atoms with Crippen LogP contribution in [-0.2, 0) is 51.5 Å². The van der Waals surface area contributed by atoms with Crippen molar-refractivity contribution < 1.29 is 88.9 Å². The number of rotatable bonds is 19. The number of para-hydroxylation sites is 5. The van der Waals surface area contributed by atoms with E-state index in [1.165, 1.54) is 51.9 Å². The lowest BCUT2D eigenvalue weighted by Crippen LogP contribution is -2.56. The van der Waals surface area contributed by atoms with Crippen molar-refractivity contribution in [2.45, 2.75) is 122 Å². The van der Waals surface area contributed by atoms with E-state index in [1.807, 2.05) is 148 Å². The highest BCUT2D eigenvalue weighted by atomic mass is 16.6. The zero-order valence-electron chi connectivity index (χ0n) is 73.9. The molecule has 10 aromatic rings. The molecule has 36 heteroatoms. The lowest BCUT2D eigenvalue weighted by Gasteiger charge is -2.45. The van der Waals surface area contributed by atoms with Gasteiger partial charge in [-0.1, -0.05) is 149 Å². The van der Waals surface area contributed by atoms with Gasteiger partial charge in [0.05, 0.1) is 34.3 Å². The second-order valence-electron chi connectivity index (χ2n) is 33.5. The monoisotopic (exact) mass is 1850 g/mol. The van der Waals surface area contributed by atoms with E-state index in [4.69, 9.17) is 20.8 Å². The predicted molar refractivity (Wildman–Crippen MR) is 515 cm³/mol. The van der Waals surface area contributed by atoms with E-state index in [0.29, 0.717) is 156 Å². The molecule has 8 heterocycles. The molecular weight excluding hydrogens is 1740 g/mol. The number of carbonyl (C=O) groups excluding carboxylic acids is 8. The Morgan fingerprint density at radius 3 is 1.18 bits per heavy atom. The van der Waals surface area contributed by atoms with Crippen LogP contribution in [0.5, 0.6) is 0 Å². The van der Waals surface area contributed by atoms with Crippen molar-refractivity contribution in [3.8, 4) is 0 Å². The number of amides is 6. The maximum Gasteiger partial charge on any atom is 0.293 e. The summed E-state index contributed by atoms with van der Waals surface area (Å²) >= 11 is 0. The van der Waals surface area contributed by atoms with Gasteiger partial charge in [0.15, 0.2) is 19.2 Å². The number of nitrogens with one attached hydrogen (secondary N) is 6. The average molecular weight is 1860 g/mol. The highest BCUT2D eigenvalue weighted by Gasteiger charge is 2.54. The SMILES string of the molecule is C.C.C=[N+](O)c1cccc(C(=O)NO)c1N1CCC2(CC1)C(=O)NCN2c1ccccc1.C=[N+](O)c1cccc(C(=O)NO)c1N1CCc2ccccc2C1.CCC(=O)Cc1ccc(N2CCC3(CC2)C(=O)NCN3c2ccccc2)cc1.O=C(NO)c1ccc(N2CCC3(CC2)C(=O)CCN3c2ccccc2)c([N+](=O)[O-])c1.O=C(NO)c1ccc(N2CCc3ccccc3C2)c([N+](=O)[O-])c1. The van der Waals surface area contributed by atoms with Gasteiger partial charge >= 0.3 is 0 Å². The van der Waals surface area contributed by atoms with Crippen LogP contribution >= 0.6 is 0 Å². The minimum Gasteiger partial charge on any atom is -0.371 e. The molecule has 136 heavy (non-hydrogen) atoms. The molecule has 3 spiro atoms. The summed E-state index contributed by atoms with van der Waals surface area (Å²) in [6, 6.07) is 72.3. The first kappa shape index (κ1) is 99.4. The van der Waals surface area contributed by atoms with Gasteiger partial charge in [0.1, 0.15) is 45.1 Å². The predicted octanol–water partition coefficient (Wildman–Crippen LogP) is 12.8. The van der Waals surface area contributed by atoms with Crippen molar-refractivity contribution in [2.75, 3.05) is 111 Å². The number of ketones is 2. The first-order valence-electron chi connectivity index (χ1n) is 44.0. The lowest BCUT2D eigenvalue weighted by molar-refractivity contribution is -0.706. The summed E-state index contributed by atoms with van der Waals surface area (Å²) in [6.45, 7) is 16.8. The van der Waals surface area contributed by atoms with E-state index in [1.54, 1.807) is 53.4 Å². The third-order valence-electron chi connectivity index (χ3n) is 26.3. The lowest BCUT2D eigenvalue weighted by atomic mass is 9.83. The Morgan fingerprint density at radius 2 is 0.765 bits per heavy atom. The Bertz CT molecular complexity index is 6030. The minimum absolute atomic E-state index is 0. The van der Waals surface area contributed by atoms with Crippen LogP contribution in [-0.4, -0.2) is 200 Å². The number of nitro groups is 2. The molecule has 0 unspecified atom stereocenters. The molecule has 36 nitrogen and oxygen atoms in total. The summed E-state index contributed by atoms with van der Waals surface area (Å²) in [7, 11) is 0. The standard InChI is InChI=1S/C23H27N3O2.C21H23N5O4.C21H22N4O5.C17H17N3O3.C16H15N3O4.2CH4/c1-2-21(27)16-18-8-10-19(11-9-18)25-14-12-23(13-15-25)22(28)24-17-26(23)20-6-4-3-5-7-20;1-24(30)17-9-5-8-16(19(27)23-29)18(17)25-12-10-21(11-13-25)20(28)22-14-26(21)15-6-3-2-4-7-15;26-19-8-11-24(16-4-2-1-3-5-16)21(19)9-12-23(13-10-21)17-7-6-15(20(27)22-28)14-18(17)25(29)30;1-19(23)15-8-4-7-14(17(21)18-22)16(15)20-10-9-12-5-2-3-6-13(12)11-20;20-16(17-21)12-5-6-14(15(9-12)19(22)23)18-8-7-11-3-1-2-4-13(11)10-18;;/h3-11H,2,12-17H2,1H3,(H,24,28);2-9H,1,10-14H2,(H3-,22,23,27,28,29,30);1-7,14,28H,8-13H2,(H,22,27);2-8H,1,9-11H2,(H2-,18,21,22,23);1-6,9,21H,7-8,10H2,(H,17,20);2*1H4/p+2. The van der Waals surface area contributed by atoms with Gasteiger partial charge in [0, 0.05) is 159 Å². The maximum atomic E-state index is 12.9. The molecular formula is C100H114N18O18+2. The first-order chi connectivity index (χ1) is 64.8. The Kier molecular flexibility index (Phi) is 32.3. The van der Waals surface area contributed by atoms with Crippen LogP contribution < -0.4 is 71.8 Å². The topological polar surface area (TPSA) is 448 Å². The summed E-state index contributed by atoms with van der Waals surface area (Å²) in [6.07, 6.45) is 7.03. The number of anilines is 8. The largest absolute Gasteiger partial charge is 0.371 e. The van der Waals surface area contributed by atoms with E-state index in [0.717, 1.165) is 83.5 Å². The van der Waals surface area contributed by atoms with Gasteiger partial charge in [-0.2, -0.15) is 0 Å². The Labute approximate surface area is 786 Å². The molecule has 18 rings (SSSR count). The Morgan fingerprint density at radius 1 is 0.390 bits per heavy atom. The van der Waals surface area contributed by atoms with Crippen molar-refractivity contribution in [2.24, 2.45) is 0 Å². The van der Waals surface area contributed by atoms with Crippen molar-refractivity contribution in [1.82, 2.24) is 32.6 Å². The van der Waals surface area contributed by atoms with Crippen molar-refractivity contribution >= 4 is 129 Å². The molecule has 6 saturated heterocycles. The van der Waals surface area contributed by atoms with Crippen LogP contribution in [0.1, 0.15) is 142 Å². The second kappa shape index (κ2) is 44.3. The van der Waals surface area contributed by atoms with Gasteiger partial charge in [0.25, 0.3) is 46.4 Å². The van der Waals surface area contributed by atoms with Crippen LogP contribution in [0, 0.1) is 20.2 Å². The number of Topliss-reactive ketones (excluding diaryl/α,β-unsaturated/α-hetero) is 2. The Hall–Kier alpha value is -15.7. The average Bonchev–Trinajstić information content (AvgIpc) is 1.57. The number of hydrogen-bond acceptors (Lipinski definition) is 26. The number of hydrogen-bond donors (Lipinski definition) is 12. The zero-order valence-corrected chi connectivity index (χ0v) is 73.9. The van der Waals surface area contributed by atoms with Gasteiger partial charge in [-0.25, -0.2) is 21.9 Å². The summed E-state index contributed by atoms with van der Waals surface area (Å²) < 4.78 is 1.44. The smallest absolute Gasteiger partial charge is 0.293 e. The summed E-state index contributed by atoms with van der Waals surface area (Å²) in [4.78, 5) is 136. The van der Waals surface area contributed by atoms with E-state index in [9.17, 15) is 69.0 Å².